The lowest BCUT2D eigenvalue weighted by Gasteiger charge is -2.29. The summed E-state index contributed by atoms with van der Waals surface area (Å²) in [5.41, 5.74) is 8.37. The Bertz CT molecular complexity index is 513. The molecule has 1 atom stereocenters. The number of rotatable bonds is 1. The van der Waals surface area contributed by atoms with E-state index in [4.69, 9.17) is 10.8 Å². The van der Waals surface area contributed by atoms with Gasteiger partial charge in [0.25, 0.3) is 0 Å². The first-order chi connectivity index (χ1) is 8.49. The monoisotopic (exact) mass is 248 g/mol. The molecule has 0 radical (unpaired) electrons. The van der Waals surface area contributed by atoms with Gasteiger partial charge in [0.05, 0.1) is 11.7 Å². The first-order valence-electron chi connectivity index (χ1n) is 5.79. The average molecular weight is 248 g/mol. The van der Waals surface area contributed by atoms with Gasteiger partial charge in [-0.15, -0.1) is 10.2 Å². The van der Waals surface area contributed by atoms with Gasteiger partial charge in [0.1, 0.15) is 5.82 Å². The Balaban J connectivity index is 2.30. The third-order valence-corrected chi connectivity index (χ3v) is 3.11. The van der Waals surface area contributed by atoms with E-state index in [2.05, 4.69) is 10.2 Å². The van der Waals surface area contributed by atoms with E-state index >= 15 is 0 Å². The van der Waals surface area contributed by atoms with Crippen molar-refractivity contribution < 1.29 is 9.90 Å². The number of nitrogens with two attached hydrogens (primary N) is 1. The molecule has 6 nitrogen and oxygen atoms in total. The number of nitrogens with zero attached hydrogens (tertiary/aromatic N) is 3. The van der Waals surface area contributed by atoms with E-state index in [1.807, 2.05) is 19.9 Å². The number of anilines is 1. The largest absolute Gasteiger partial charge is 0.465 e. The normalized spacial score (nSPS) is 19.6. The topological polar surface area (TPSA) is 92.3 Å². The van der Waals surface area contributed by atoms with E-state index in [1.54, 1.807) is 6.07 Å². The lowest BCUT2D eigenvalue weighted by molar-refractivity contribution is 0.136. The Kier molecular flexibility index (Phi) is 3.18. The second-order valence-corrected chi connectivity index (χ2v) is 4.46. The molecule has 2 rings (SSSR count). The Hall–Kier alpha value is -2.11. The van der Waals surface area contributed by atoms with Crippen LogP contribution < -0.4 is 5.73 Å². The van der Waals surface area contributed by atoms with Gasteiger partial charge in [-0.25, -0.2) is 4.79 Å². The molecule has 1 aromatic rings. The van der Waals surface area contributed by atoms with E-state index < -0.39 is 6.09 Å². The van der Waals surface area contributed by atoms with Crippen LogP contribution in [0.3, 0.4) is 0 Å². The quantitative estimate of drug-likeness (QED) is 0.786. The summed E-state index contributed by atoms with van der Waals surface area (Å²) in [6.07, 6.45) is 1.68. The standard InChI is InChI=1S/C12H16N4O2/c1-7-5-10(13)14-15-11(7)9-3-4-16(12(17)18)8(2)6-9/h5-6,8H,3-4H2,1-2H3,(H2,13,14)(H,17,18)/t8-/m0/s1. The van der Waals surface area contributed by atoms with E-state index in [0.717, 1.165) is 16.8 Å². The number of hydrogen-bond acceptors (Lipinski definition) is 4. The van der Waals surface area contributed by atoms with Crippen molar-refractivity contribution in [2.45, 2.75) is 26.3 Å². The van der Waals surface area contributed by atoms with E-state index in [9.17, 15) is 4.79 Å². The predicted octanol–water partition coefficient (Wildman–Crippen LogP) is 1.52. The van der Waals surface area contributed by atoms with Crippen LogP contribution in [-0.4, -0.2) is 38.9 Å². The molecule has 96 valence electrons. The highest BCUT2D eigenvalue weighted by Crippen LogP contribution is 2.26. The van der Waals surface area contributed by atoms with Crippen molar-refractivity contribution in [1.29, 1.82) is 0 Å². The third-order valence-electron chi connectivity index (χ3n) is 3.11. The molecule has 1 amide bonds. The molecule has 2 heterocycles. The van der Waals surface area contributed by atoms with Gasteiger partial charge in [0.2, 0.25) is 0 Å². The molecule has 18 heavy (non-hydrogen) atoms. The second-order valence-electron chi connectivity index (χ2n) is 4.46. The molecule has 1 aliphatic rings. The van der Waals surface area contributed by atoms with Crippen molar-refractivity contribution in [1.82, 2.24) is 15.1 Å². The van der Waals surface area contributed by atoms with E-state index in [1.165, 1.54) is 4.90 Å². The second kappa shape index (κ2) is 4.64. The third kappa shape index (κ3) is 2.27. The van der Waals surface area contributed by atoms with Gasteiger partial charge in [-0.1, -0.05) is 6.08 Å². The maximum atomic E-state index is 11.0. The summed E-state index contributed by atoms with van der Waals surface area (Å²) in [7, 11) is 0. The molecule has 0 aliphatic carbocycles. The molecule has 0 unspecified atom stereocenters. The fraction of sp³-hybridized carbons (Fsp3) is 0.417. The lowest BCUT2D eigenvalue weighted by Crippen LogP contribution is -2.39. The molecule has 0 fully saturated rings. The summed E-state index contributed by atoms with van der Waals surface area (Å²) in [5, 5.41) is 17.0. The number of aryl methyl sites for hydroxylation is 1. The molecule has 6 heteroatoms. The zero-order valence-corrected chi connectivity index (χ0v) is 10.4. The molecule has 0 bridgehead atoms. The van der Waals surface area contributed by atoms with Gasteiger partial charge in [-0.3, -0.25) is 0 Å². The smallest absolute Gasteiger partial charge is 0.407 e. The van der Waals surface area contributed by atoms with Crippen molar-refractivity contribution in [3.63, 3.8) is 0 Å². The molecule has 0 saturated heterocycles. The summed E-state index contributed by atoms with van der Waals surface area (Å²) in [5.74, 6) is 0.396. The predicted molar refractivity (Wildman–Crippen MR) is 68.0 cm³/mol. The fourth-order valence-electron chi connectivity index (χ4n) is 2.20. The van der Waals surface area contributed by atoms with Crippen LogP contribution in [0.4, 0.5) is 10.6 Å². The maximum Gasteiger partial charge on any atom is 0.407 e. The minimum atomic E-state index is -0.891. The van der Waals surface area contributed by atoms with Crippen LogP contribution >= 0.6 is 0 Å². The van der Waals surface area contributed by atoms with Gasteiger partial charge in [-0.05, 0) is 37.5 Å². The van der Waals surface area contributed by atoms with Crippen molar-refractivity contribution in [2.24, 2.45) is 0 Å². The Morgan fingerprint density at radius 1 is 1.56 bits per heavy atom. The van der Waals surface area contributed by atoms with Crippen molar-refractivity contribution in [2.75, 3.05) is 12.3 Å². The summed E-state index contributed by atoms with van der Waals surface area (Å²) in [6, 6.07) is 1.63. The van der Waals surface area contributed by atoms with Crippen molar-refractivity contribution >= 4 is 17.5 Å². The first-order valence-corrected chi connectivity index (χ1v) is 5.79. The Morgan fingerprint density at radius 3 is 2.83 bits per heavy atom. The van der Waals surface area contributed by atoms with Crippen molar-refractivity contribution in [3.8, 4) is 0 Å². The number of carboxylic acid groups (broad SMARTS) is 1. The molecule has 1 aliphatic heterocycles. The first kappa shape index (κ1) is 12.3. The molecule has 1 aromatic heterocycles. The van der Waals surface area contributed by atoms with Crippen LogP contribution in [0, 0.1) is 6.92 Å². The fourth-order valence-corrected chi connectivity index (χ4v) is 2.20. The van der Waals surface area contributed by atoms with Gasteiger partial charge in [-0.2, -0.15) is 0 Å². The van der Waals surface area contributed by atoms with Gasteiger partial charge < -0.3 is 15.7 Å². The highest BCUT2D eigenvalue weighted by Gasteiger charge is 2.24. The SMILES string of the molecule is Cc1cc(N)nnc1C1=C[C@H](C)N(C(=O)O)CC1. The van der Waals surface area contributed by atoms with Crippen LogP contribution in [0.15, 0.2) is 12.1 Å². The van der Waals surface area contributed by atoms with Crippen molar-refractivity contribution in [3.05, 3.63) is 23.4 Å². The number of amides is 1. The number of hydrogen-bond donors (Lipinski definition) is 2. The summed E-state index contributed by atoms with van der Waals surface area (Å²) in [6.45, 7) is 4.26. The molecule has 0 saturated carbocycles. The number of aromatic nitrogens is 2. The lowest BCUT2D eigenvalue weighted by atomic mass is 9.98. The van der Waals surface area contributed by atoms with Crippen LogP contribution in [0.2, 0.25) is 0 Å². The minimum Gasteiger partial charge on any atom is -0.465 e. The molecular formula is C12H16N4O2. The highest BCUT2D eigenvalue weighted by molar-refractivity contribution is 5.72. The van der Waals surface area contributed by atoms with Crippen LogP contribution in [0.1, 0.15) is 24.6 Å². The van der Waals surface area contributed by atoms with Crippen LogP contribution in [0.25, 0.3) is 5.57 Å². The van der Waals surface area contributed by atoms with Gasteiger partial charge in [0.15, 0.2) is 0 Å². The van der Waals surface area contributed by atoms with E-state index in [0.29, 0.717) is 18.8 Å². The summed E-state index contributed by atoms with van der Waals surface area (Å²) < 4.78 is 0. The number of nitrogen functional groups attached to an aromatic ring is 1. The minimum absolute atomic E-state index is 0.148. The van der Waals surface area contributed by atoms with Gasteiger partial charge in [0, 0.05) is 6.54 Å². The molecule has 0 aromatic carbocycles. The number of carbonyl (C=O) groups is 1. The van der Waals surface area contributed by atoms with Crippen LogP contribution in [0.5, 0.6) is 0 Å². The Morgan fingerprint density at radius 2 is 2.28 bits per heavy atom. The highest BCUT2D eigenvalue weighted by atomic mass is 16.4. The maximum absolute atomic E-state index is 11.0. The molecular weight excluding hydrogens is 232 g/mol. The summed E-state index contributed by atoms with van der Waals surface area (Å²) >= 11 is 0. The molecule has 0 spiro atoms. The van der Waals surface area contributed by atoms with E-state index in [-0.39, 0.29) is 6.04 Å². The zero-order chi connectivity index (χ0) is 13.3. The molecule has 3 N–H and O–H groups in total. The van der Waals surface area contributed by atoms with Gasteiger partial charge >= 0.3 is 6.09 Å². The zero-order valence-electron chi connectivity index (χ0n) is 10.4. The summed E-state index contributed by atoms with van der Waals surface area (Å²) in [4.78, 5) is 12.4. The average Bonchev–Trinajstić information content (AvgIpc) is 2.28. The Labute approximate surface area is 105 Å². The van der Waals surface area contributed by atoms with Crippen LogP contribution in [-0.2, 0) is 0 Å².